The maximum Gasteiger partial charge on any atom is 0.251 e. The molecule has 1 amide bonds. The number of rotatable bonds is 4. The SMILES string of the molecule is Cc1cc(C(=O)NCCCO)ccc1N. The van der Waals surface area contributed by atoms with Gasteiger partial charge in [0, 0.05) is 24.4 Å². The molecule has 0 atom stereocenters. The Hall–Kier alpha value is -1.55. The van der Waals surface area contributed by atoms with Crippen molar-refractivity contribution in [2.24, 2.45) is 0 Å². The Morgan fingerprint density at radius 3 is 2.87 bits per heavy atom. The zero-order valence-electron chi connectivity index (χ0n) is 8.79. The molecule has 4 nitrogen and oxygen atoms in total. The third-order valence-electron chi connectivity index (χ3n) is 2.15. The van der Waals surface area contributed by atoms with Crippen molar-refractivity contribution in [3.8, 4) is 0 Å². The number of nitrogens with two attached hydrogens (primary N) is 1. The number of aryl methyl sites for hydroxylation is 1. The highest BCUT2D eigenvalue weighted by atomic mass is 16.3. The van der Waals surface area contributed by atoms with Gasteiger partial charge >= 0.3 is 0 Å². The second-order valence-electron chi connectivity index (χ2n) is 3.40. The highest BCUT2D eigenvalue weighted by Gasteiger charge is 2.05. The van der Waals surface area contributed by atoms with Crippen molar-refractivity contribution >= 4 is 11.6 Å². The molecule has 15 heavy (non-hydrogen) atoms. The van der Waals surface area contributed by atoms with Crippen molar-refractivity contribution in [1.29, 1.82) is 0 Å². The number of carbonyl (C=O) groups excluding carboxylic acids is 1. The van der Waals surface area contributed by atoms with Gasteiger partial charge in [0.15, 0.2) is 0 Å². The molecule has 4 heteroatoms. The van der Waals surface area contributed by atoms with Gasteiger partial charge in [-0.15, -0.1) is 0 Å². The van der Waals surface area contributed by atoms with E-state index in [1.54, 1.807) is 18.2 Å². The molecule has 0 fully saturated rings. The van der Waals surface area contributed by atoms with E-state index in [-0.39, 0.29) is 12.5 Å². The predicted molar refractivity (Wildman–Crippen MR) is 59.6 cm³/mol. The van der Waals surface area contributed by atoms with E-state index in [2.05, 4.69) is 5.32 Å². The number of hydrogen-bond acceptors (Lipinski definition) is 3. The number of anilines is 1. The second kappa shape index (κ2) is 5.36. The van der Waals surface area contributed by atoms with E-state index in [1.165, 1.54) is 0 Å². The molecule has 0 aliphatic rings. The molecule has 4 N–H and O–H groups in total. The second-order valence-corrected chi connectivity index (χ2v) is 3.40. The summed E-state index contributed by atoms with van der Waals surface area (Å²) >= 11 is 0. The molecule has 0 heterocycles. The minimum atomic E-state index is -0.133. The van der Waals surface area contributed by atoms with Gasteiger partial charge in [-0.25, -0.2) is 0 Å². The molecule has 0 bridgehead atoms. The van der Waals surface area contributed by atoms with Crippen molar-refractivity contribution in [2.45, 2.75) is 13.3 Å². The molecule has 1 aromatic rings. The summed E-state index contributed by atoms with van der Waals surface area (Å²) in [6.07, 6.45) is 0.569. The zero-order valence-corrected chi connectivity index (χ0v) is 8.79. The summed E-state index contributed by atoms with van der Waals surface area (Å²) < 4.78 is 0. The molecule has 1 rings (SSSR count). The van der Waals surface area contributed by atoms with Gasteiger partial charge in [-0.05, 0) is 37.1 Å². The van der Waals surface area contributed by atoms with E-state index in [4.69, 9.17) is 10.8 Å². The number of nitrogens with one attached hydrogen (secondary N) is 1. The standard InChI is InChI=1S/C11H16N2O2/c1-8-7-9(3-4-10(8)12)11(15)13-5-2-6-14/h3-4,7,14H,2,5-6,12H2,1H3,(H,13,15). The molecule has 0 aliphatic carbocycles. The maximum absolute atomic E-state index is 11.5. The van der Waals surface area contributed by atoms with Crippen LogP contribution in [0.15, 0.2) is 18.2 Å². The molecule has 0 unspecified atom stereocenters. The van der Waals surface area contributed by atoms with Gasteiger partial charge in [0.1, 0.15) is 0 Å². The number of nitrogen functional groups attached to an aromatic ring is 1. The summed E-state index contributed by atoms with van der Waals surface area (Å²) in [5, 5.41) is 11.3. The van der Waals surface area contributed by atoms with Crippen LogP contribution in [0.1, 0.15) is 22.3 Å². The first-order chi connectivity index (χ1) is 7.15. The van der Waals surface area contributed by atoms with Crippen LogP contribution in [-0.4, -0.2) is 24.2 Å². The first-order valence-electron chi connectivity index (χ1n) is 4.90. The summed E-state index contributed by atoms with van der Waals surface area (Å²) in [5.41, 5.74) is 7.82. The molecule has 0 saturated heterocycles. The number of hydrogen-bond donors (Lipinski definition) is 3. The Bertz CT molecular complexity index is 350. The van der Waals surface area contributed by atoms with Crippen molar-refractivity contribution in [1.82, 2.24) is 5.32 Å². The number of amides is 1. The highest BCUT2D eigenvalue weighted by molar-refractivity contribution is 5.94. The molecular formula is C11H16N2O2. The third-order valence-corrected chi connectivity index (χ3v) is 2.15. The van der Waals surface area contributed by atoms with Gasteiger partial charge in [-0.2, -0.15) is 0 Å². The molecular weight excluding hydrogens is 192 g/mol. The largest absolute Gasteiger partial charge is 0.399 e. The lowest BCUT2D eigenvalue weighted by atomic mass is 10.1. The number of aliphatic hydroxyl groups is 1. The van der Waals surface area contributed by atoms with Gasteiger partial charge in [-0.1, -0.05) is 0 Å². The lowest BCUT2D eigenvalue weighted by Gasteiger charge is -2.06. The van der Waals surface area contributed by atoms with E-state index in [0.29, 0.717) is 24.2 Å². The minimum Gasteiger partial charge on any atom is -0.399 e. The fourth-order valence-corrected chi connectivity index (χ4v) is 1.20. The van der Waals surface area contributed by atoms with Crippen LogP contribution in [0.3, 0.4) is 0 Å². The Morgan fingerprint density at radius 2 is 2.27 bits per heavy atom. The lowest BCUT2D eigenvalue weighted by molar-refractivity contribution is 0.0951. The predicted octanol–water partition coefficient (Wildman–Crippen LogP) is 0.689. The van der Waals surface area contributed by atoms with Gasteiger partial charge in [0.2, 0.25) is 0 Å². The average Bonchev–Trinajstić information content (AvgIpc) is 2.22. The van der Waals surface area contributed by atoms with Crippen molar-refractivity contribution in [3.05, 3.63) is 29.3 Å². The molecule has 0 aromatic heterocycles. The van der Waals surface area contributed by atoms with Crippen LogP contribution in [0, 0.1) is 6.92 Å². The summed E-state index contributed by atoms with van der Waals surface area (Å²) in [6, 6.07) is 5.16. The molecule has 0 radical (unpaired) electrons. The zero-order chi connectivity index (χ0) is 11.3. The average molecular weight is 208 g/mol. The summed E-state index contributed by atoms with van der Waals surface area (Å²) in [5.74, 6) is -0.133. The Labute approximate surface area is 89.1 Å². The van der Waals surface area contributed by atoms with Crippen LogP contribution in [-0.2, 0) is 0 Å². The van der Waals surface area contributed by atoms with Crippen molar-refractivity contribution in [2.75, 3.05) is 18.9 Å². The summed E-state index contributed by atoms with van der Waals surface area (Å²) in [6.45, 7) is 2.43. The summed E-state index contributed by atoms with van der Waals surface area (Å²) in [4.78, 5) is 11.5. The molecule has 0 saturated carbocycles. The highest BCUT2D eigenvalue weighted by Crippen LogP contribution is 2.12. The van der Waals surface area contributed by atoms with Gasteiger partial charge in [0.05, 0.1) is 0 Å². The van der Waals surface area contributed by atoms with E-state index in [9.17, 15) is 4.79 Å². The lowest BCUT2D eigenvalue weighted by Crippen LogP contribution is -2.25. The van der Waals surface area contributed by atoms with Gasteiger partial charge < -0.3 is 16.2 Å². The number of carbonyl (C=O) groups is 1. The van der Waals surface area contributed by atoms with Gasteiger partial charge in [-0.3, -0.25) is 4.79 Å². The normalized spacial score (nSPS) is 10.0. The fraction of sp³-hybridized carbons (Fsp3) is 0.364. The molecule has 82 valence electrons. The smallest absolute Gasteiger partial charge is 0.251 e. The molecule has 1 aromatic carbocycles. The molecule has 0 spiro atoms. The molecule has 0 aliphatic heterocycles. The fourth-order valence-electron chi connectivity index (χ4n) is 1.20. The number of aliphatic hydroxyl groups excluding tert-OH is 1. The van der Waals surface area contributed by atoms with Crippen LogP contribution < -0.4 is 11.1 Å². The van der Waals surface area contributed by atoms with Crippen molar-refractivity contribution < 1.29 is 9.90 Å². The van der Waals surface area contributed by atoms with Crippen LogP contribution in [0.2, 0.25) is 0 Å². The van der Waals surface area contributed by atoms with E-state index >= 15 is 0 Å². The Balaban J connectivity index is 2.62. The monoisotopic (exact) mass is 208 g/mol. The van der Waals surface area contributed by atoms with Crippen LogP contribution in [0.25, 0.3) is 0 Å². The first kappa shape index (κ1) is 11.5. The van der Waals surface area contributed by atoms with Crippen LogP contribution in [0.5, 0.6) is 0 Å². The summed E-state index contributed by atoms with van der Waals surface area (Å²) in [7, 11) is 0. The van der Waals surface area contributed by atoms with Crippen molar-refractivity contribution in [3.63, 3.8) is 0 Å². The maximum atomic E-state index is 11.5. The Morgan fingerprint density at radius 1 is 1.53 bits per heavy atom. The topological polar surface area (TPSA) is 75.3 Å². The van der Waals surface area contributed by atoms with Crippen LogP contribution in [0.4, 0.5) is 5.69 Å². The number of benzene rings is 1. The minimum absolute atomic E-state index is 0.0844. The van der Waals surface area contributed by atoms with Gasteiger partial charge in [0.25, 0.3) is 5.91 Å². The quantitative estimate of drug-likeness (QED) is 0.503. The van der Waals surface area contributed by atoms with E-state index < -0.39 is 0 Å². The third kappa shape index (κ3) is 3.25. The first-order valence-corrected chi connectivity index (χ1v) is 4.90. The van der Waals surface area contributed by atoms with E-state index in [0.717, 1.165) is 5.56 Å². The van der Waals surface area contributed by atoms with E-state index in [1.807, 2.05) is 6.92 Å². The van der Waals surface area contributed by atoms with Crippen LogP contribution >= 0.6 is 0 Å². The Kier molecular flexibility index (Phi) is 4.12.